The van der Waals surface area contributed by atoms with Gasteiger partial charge in [0.2, 0.25) is 5.91 Å². The quantitative estimate of drug-likeness (QED) is 0.797. The van der Waals surface area contributed by atoms with Gasteiger partial charge in [0.1, 0.15) is 6.33 Å². The van der Waals surface area contributed by atoms with Crippen molar-refractivity contribution in [2.75, 3.05) is 6.54 Å². The van der Waals surface area contributed by atoms with E-state index >= 15 is 0 Å². The second-order valence-corrected chi connectivity index (χ2v) is 6.55. The van der Waals surface area contributed by atoms with Crippen LogP contribution in [0.5, 0.6) is 0 Å². The van der Waals surface area contributed by atoms with Crippen molar-refractivity contribution in [3.8, 4) is 0 Å². The summed E-state index contributed by atoms with van der Waals surface area (Å²) >= 11 is 1.42. The molecule has 2 aromatic rings. The standard InChI is InChI=1S/C16H22N4OS/c1-4-13(14-8-6-5-7-9-14)10-17-15(21)12(2)22-16-19-18-11-20(16)3/h5-9,11-13H,4,10H2,1-3H3,(H,17,21). The van der Waals surface area contributed by atoms with Crippen LogP contribution in [0.3, 0.4) is 0 Å². The van der Waals surface area contributed by atoms with Crippen LogP contribution in [0.1, 0.15) is 31.7 Å². The fraction of sp³-hybridized carbons (Fsp3) is 0.438. The van der Waals surface area contributed by atoms with E-state index in [1.54, 1.807) is 6.33 Å². The molecule has 0 bridgehead atoms. The number of amides is 1. The summed E-state index contributed by atoms with van der Waals surface area (Å²) in [6.45, 7) is 4.68. The minimum atomic E-state index is -0.198. The first-order valence-corrected chi connectivity index (χ1v) is 8.33. The molecule has 0 radical (unpaired) electrons. The molecule has 1 amide bonds. The first-order valence-electron chi connectivity index (χ1n) is 7.45. The summed E-state index contributed by atoms with van der Waals surface area (Å²) in [5.74, 6) is 0.375. The molecule has 0 aliphatic carbocycles. The van der Waals surface area contributed by atoms with Crippen molar-refractivity contribution in [2.45, 2.75) is 36.6 Å². The van der Waals surface area contributed by atoms with Gasteiger partial charge < -0.3 is 9.88 Å². The third kappa shape index (κ3) is 4.34. The molecule has 0 fully saturated rings. The van der Waals surface area contributed by atoms with Gasteiger partial charge in [-0.25, -0.2) is 0 Å². The van der Waals surface area contributed by atoms with Gasteiger partial charge in [0.15, 0.2) is 5.16 Å². The van der Waals surface area contributed by atoms with Gasteiger partial charge in [0.05, 0.1) is 5.25 Å². The summed E-state index contributed by atoms with van der Waals surface area (Å²) in [7, 11) is 1.87. The molecule has 0 aliphatic heterocycles. The highest BCUT2D eigenvalue weighted by Crippen LogP contribution is 2.21. The normalized spacial score (nSPS) is 13.6. The van der Waals surface area contributed by atoms with Crippen molar-refractivity contribution in [1.82, 2.24) is 20.1 Å². The van der Waals surface area contributed by atoms with Gasteiger partial charge in [-0.3, -0.25) is 4.79 Å². The number of aryl methyl sites for hydroxylation is 1. The van der Waals surface area contributed by atoms with Crippen molar-refractivity contribution in [3.63, 3.8) is 0 Å². The Labute approximate surface area is 135 Å². The third-order valence-electron chi connectivity index (χ3n) is 3.61. The van der Waals surface area contributed by atoms with Crippen molar-refractivity contribution in [1.29, 1.82) is 0 Å². The number of aromatic nitrogens is 3. The molecule has 1 heterocycles. The number of hydrogen-bond acceptors (Lipinski definition) is 4. The van der Waals surface area contributed by atoms with Crippen LogP contribution in [0.4, 0.5) is 0 Å². The van der Waals surface area contributed by atoms with Crippen LogP contribution in [0.2, 0.25) is 0 Å². The Morgan fingerprint density at radius 1 is 1.36 bits per heavy atom. The molecular weight excluding hydrogens is 296 g/mol. The van der Waals surface area contributed by atoms with Crippen molar-refractivity contribution < 1.29 is 4.79 Å². The largest absolute Gasteiger partial charge is 0.355 e. The van der Waals surface area contributed by atoms with Crippen molar-refractivity contribution in [3.05, 3.63) is 42.2 Å². The molecule has 2 rings (SSSR count). The lowest BCUT2D eigenvalue weighted by molar-refractivity contribution is -0.120. The van der Waals surface area contributed by atoms with Gasteiger partial charge in [-0.1, -0.05) is 49.0 Å². The molecule has 2 unspecified atom stereocenters. The van der Waals surface area contributed by atoms with E-state index < -0.39 is 0 Å². The first kappa shape index (κ1) is 16.5. The van der Waals surface area contributed by atoms with Crippen molar-refractivity contribution >= 4 is 17.7 Å². The summed E-state index contributed by atoms with van der Waals surface area (Å²) in [4.78, 5) is 12.2. The second-order valence-electron chi connectivity index (χ2n) is 5.25. The topological polar surface area (TPSA) is 59.8 Å². The number of rotatable bonds is 7. The maximum Gasteiger partial charge on any atom is 0.233 e. The van der Waals surface area contributed by atoms with Crippen LogP contribution in [-0.2, 0) is 11.8 Å². The van der Waals surface area contributed by atoms with Gasteiger partial charge in [-0.2, -0.15) is 0 Å². The molecule has 0 saturated heterocycles. The van der Waals surface area contributed by atoms with Crippen LogP contribution in [0, 0.1) is 0 Å². The van der Waals surface area contributed by atoms with Crippen molar-refractivity contribution in [2.24, 2.45) is 7.05 Å². The lowest BCUT2D eigenvalue weighted by Crippen LogP contribution is -2.34. The molecule has 2 atom stereocenters. The lowest BCUT2D eigenvalue weighted by Gasteiger charge is -2.18. The number of nitrogens with one attached hydrogen (secondary N) is 1. The fourth-order valence-electron chi connectivity index (χ4n) is 2.18. The zero-order valence-corrected chi connectivity index (χ0v) is 14.0. The fourth-order valence-corrected chi connectivity index (χ4v) is 3.00. The summed E-state index contributed by atoms with van der Waals surface area (Å²) in [5, 5.41) is 11.4. The average molecular weight is 318 g/mol. The van der Waals surface area contributed by atoms with Gasteiger partial charge >= 0.3 is 0 Å². The van der Waals surface area contributed by atoms with Gasteiger partial charge in [-0.05, 0) is 18.9 Å². The van der Waals surface area contributed by atoms with Crippen LogP contribution in [0.15, 0.2) is 41.8 Å². The van der Waals surface area contributed by atoms with Crippen LogP contribution >= 0.6 is 11.8 Å². The number of benzene rings is 1. The maximum absolute atomic E-state index is 12.2. The van der Waals surface area contributed by atoms with E-state index in [1.165, 1.54) is 17.3 Å². The molecule has 0 spiro atoms. The number of carbonyl (C=O) groups is 1. The Balaban J connectivity index is 1.87. The molecule has 0 saturated carbocycles. The zero-order chi connectivity index (χ0) is 15.9. The van der Waals surface area contributed by atoms with E-state index in [1.807, 2.05) is 36.7 Å². The minimum absolute atomic E-state index is 0.0300. The molecule has 0 aliphatic rings. The van der Waals surface area contributed by atoms with E-state index in [0.29, 0.717) is 12.5 Å². The highest BCUT2D eigenvalue weighted by Gasteiger charge is 2.18. The highest BCUT2D eigenvalue weighted by atomic mass is 32.2. The van der Waals surface area contributed by atoms with Gasteiger partial charge in [-0.15, -0.1) is 10.2 Å². The molecular formula is C16H22N4OS. The van der Waals surface area contributed by atoms with Gasteiger partial charge in [0, 0.05) is 19.5 Å². The second kappa shape index (κ2) is 7.98. The number of thioether (sulfide) groups is 1. The third-order valence-corrected chi connectivity index (χ3v) is 4.76. The number of nitrogens with zero attached hydrogens (tertiary/aromatic N) is 3. The van der Waals surface area contributed by atoms with Gasteiger partial charge in [0.25, 0.3) is 0 Å². The van der Waals surface area contributed by atoms with E-state index in [4.69, 9.17) is 0 Å². The number of carbonyl (C=O) groups excluding carboxylic acids is 1. The first-order chi connectivity index (χ1) is 10.6. The Bertz CT molecular complexity index is 599. The summed E-state index contributed by atoms with van der Waals surface area (Å²) < 4.78 is 1.81. The number of hydrogen-bond donors (Lipinski definition) is 1. The summed E-state index contributed by atoms with van der Waals surface area (Å²) in [6.07, 6.45) is 2.63. The van der Waals surface area contributed by atoms with E-state index in [-0.39, 0.29) is 11.2 Å². The highest BCUT2D eigenvalue weighted by molar-refractivity contribution is 8.00. The zero-order valence-electron chi connectivity index (χ0n) is 13.2. The van der Waals surface area contributed by atoms with Crippen LogP contribution in [0.25, 0.3) is 0 Å². The minimum Gasteiger partial charge on any atom is -0.355 e. The van der Waals surface area contributed by atoms with E-state index in [0.717, 1.165) is 11.6 Å². The maximum atomic E-state index is 12.2. The van der Waals surface area contributed by atoms with E-state index in [9.17, 15) is 4.79 Å². The summed E-state index contributed by atoms with van der Waals surface area (Å²) in [6, 6.07) is 10.3. The molecule has 1 aromatic heterocycles. The van der Waals surface area contributed by atoms with E-state index in [2.05, 4.69) is 34.6 Å². The average Bonchev–Trinajstić information content (AvgIpc) is 2.94. The Hall–Kier alpha value is -1.82. The Kier molecular flexibility index (Phi) is 6.00. The van der Waals surface area contributed by atoms with Crippen LogP contribution in [-0.4, -0.2) is 32.5 Å². The molecule has 22 heavy (non-hydrogen) atoms. The Morgan fingerprint density at radius 3 is 2.68 bits per heavy atom. The smallest absolute Gasteiger partial charge is 0.233 e. The molecule has 5 nitrogen and oxygen atoms in total. The molecule has 1 aromatic carbocycles. The molecule has 6 heteroatoms. The molecule has 1 N–H and O–H groups in total. The Morgan fingerprint density at radius 2 is 2.09 bits per heavy atom. The monoisotopic (exact) mass is 318 g/mol. The predicted octanol–water partition coefficient (Wildman–Crippen LogP) is 2.61. The predicted molar refractivity (Wildman–Crippen MR) is 88.8 cm³/mol. The SMILES string of the molecule is CCC(CNC(=O)C(C)Sc1nncn1C)c1ccccc1. The molecule has 118 valence electrons. The summed E-state index contributed by atoms with van der Waals surface area (Å²) in [5.41, 5.74) is 1.26. The lowest BCUT2D eigenvalue weighted by atomic mass is 9.96. The van der Waals surface area contributed by atoms with Crippen LogP contribution < -0.4 is 5.32 Å².